The van der Waals surface area contributed by atoms with E-state index < -0.39 is 0 Å². The number of nitrogens with zero attached hydrogens (tertiary/aromatic N) is 2. The van der Waals surface area contributed by atoms with Crippen molar-refractivity contribution in [2.75, 3.05) is 12.8 Å². The Morgan fingerprint density at radius 3 is 2.89 bits per heavy atom. The van der Waals surface area contributed by atoms with Crippen LogP contribution in [0, 0.1) is 12.8 Å². The van der Waals surface area contributed by atoms with Crippen LogP contribution in [0.2, 0.25) is 0 Å². The molecule has 2 aromatic rings. The van der Waals surface area contributed by atoms with Crippen LogP contribution in [0.3, 0.4) is 0 Å². The van der Waals surface area contributed by atoms with Crippen molar-refractivity contribution in [1.82, 2.24) is 10.1 Å². The number of ether oxygens (including phenoxy) is 1. The molecule has 3 rings (SSSR count). The SMILES string of the molecule is COC(c1noc(-c2cc(C)sc2N)n1)C1CC1. The first-order valence-electron chi connectivity index (χ1n) is 5.91. The van der Waals surface area contributed by atoms with Gasteiger partial charge in [0.25, 0.3) is 5.89 Å². The largest absolute Gasteiger partial charge is 0.390 e. The van der Waals surface area contributed by atoms with E-state index in [2.05, 4.69) is 10.1 Å². The number of anilines is 1. The van der Waals surface area contributed by atoms with Crippen molar-refractivity contribution in [3.05, 3.63) is 16.8 Å². The second kappa shape index (κ2) is 4.37. The minimum absolute atomic E-state index is 0.0524. The molecule has 2 heterocycles. The van der Waals surface area contributed by atoms with Gasteiger partial charge in [0, 0.05) is 12.0 Å². The standard InChI is InChI=1S/C12H15N3O2S/c1-6-5-8(10(13)18-6)12-14-11(15-17-12)9(16-2)7-3-4-7/h5,7,9H,3-4,13H2,1-2H3. The lowest BCUT2D eigenvalue weighted by molar-refractivity contribution is 0.0751. The molecule has 2 aromatic heterocycles. The Balaban J connectivity index is 1.91. The maximum Gasteiger partial charge on any atom is 0.261 e. The van der Waals surface area contributed by atoms with Gasteiger partial charge in [-0.05, 0) is 31.7 Å². The molecular weight excluding hydrogens is 250 g/mol. The number of aryl methyl sites for hydroxylation is 1. The Kier molecular flexibility index (Phi) is 2.83. The molecule has 0 aromatic carbocycles. The van der Waals surface area contributed by atoms with Crippen LogP contribution in [0.4, 0.5) is 5.00 Å². The van der Waals surface area contributed by atoms with Gasteiger partial charge in [0.15, 0.2) is 0 Å². The van der Waals surface area contributed by atoms with E-state index in [0.29, 0.717) is 22.6 Å². The van der Waals surface area contributed by atoms with Crippen LogP contribution in [0.15, 0.2) is 10.6 Å². The van der Waals surface area contributed by atoms with E-state index in [1.807, 2.05) is 13.0 Å². The van der Waals surface area contributed by atoms with E-state index in [4.69, 9.17) is 15.0 Å². The molecule has 1 aliphatic rings. The smallest absolute Gasteiger partial charge is 0.261 e. The third-order valence-corrected chi connectivity index (χ3v) is 3.99. The molecule has 1 aliphatic carbocycles. The van der Waals surface area contributed by atoms with E-state index in [0.717, 1.165) is 10.4 Å². The summed E-state index contributed by atoms with van der Waals surface area (Å²) in [5.74, 6) is 1.63. The Labute approximate surface area is 109 Å². The first-order chi connectivity index (χ1) is 8.69. The summed E-state index contributed by atoms with van der Waals surface area (Å²) in [5, 5.41) is 4.72. The number of nitrogen functional groups attached to an aromatic ring is 1. The molecule has 96 valence electrons. The molecule has 0 spiro atoms. The Morgan fingerprint density at radius 2 is 2.33 bits per heavy atom. The first-order valence-corrected chi connectivity index (χ1v) is 6.73. The van der Waals surface area contributed by atoms with E-state index >= 15 is 0 Å². The van der Waals surface area contributed by atoms with Crippen molar-refractivity contribution >= 4 is 16.3 Å². The van der Waals surface area contributed by atoms with Crippen LogP contribution in [-0.2, 0) is 4.74 Å². The second-order valence-electron chi connectivity index (χ2n) is 4.59. The predicted octanol–water partition coefficient (Wildman–Crippen LogP) is 2.79. The minimum atomic E-state index is -0.0524. The molecule has 5 nitrogen and oxygen atoms in total. The van der Waals surface area contributed by atoms with Gasteiger partial charge in [-0.2, -0.15) is 4.98 Å². The quantitative estimate of drug-likeness (QED) is 0.920. The number of hydrogen-bond donors (Lipinski definition) is 1. The predicted molar refractivity (Wildman–Crippen MR) is 69.2 cm³/mol. The molecule has 1 atom stereocenters. The Morgan fingerprint density at radius 1 is 1.56 bits per heavy atom. The summed E-state index contributed by atoms with van der Waals surface area (Å²) in [4.78, 5) is 5.54. The Hall–Kier alpha value is -1.40. The molecule has 0 radical (unpaired) electrons. The highest BCUT2D eigenvalue weighted by Crippen LogP contribution is 2.42. The highest BCUT2D eigenvalue weighted by molar-refractivity contribution is 7.16. The topological polar surface area (TPSA) is 74.2 Å². The molecule has 18 heavy (non-hydrogen) atoms. The van der Waals surface area contributed by atoms with Crippen LogP contribution >= 0.6 is 11.3 Å². The summed E-state index contributed by atoms with van der Waals surface area (Å²) < 4.78 is 10.7. The molecule has 1 fully saturated rings. The molecule has 0 bridgehead atoms. The summed E-state index contributed by atoms with van der Waals surface area (Å²) in [6.07, 6.45) is 2.29. The maximum atomic E-state index is 5.92. The zero-order valence-corrected chi connectivity index (χ0v) is 11.2. The van der Waals surface area contributed by atoms with Crippen LogP contribution in [0.25, 0.3) is 11.5 Å². The lowest BCUT2D eigenvalue weighted by atomic mass is 10.2. The molecule has 1 saturated carbocycles. The van der Waals surface area contributed by atoms with Crippen molar-refractivity contribution in [1.29, 1.82) is 0 Å². The van der Waals surface area contributed by atoms with Crippen molar-refractivity contribution < 1.29 is 9.26 Å². The highest BCUT2D eigenvalue weighted by atomic mass is 32.1. The van der Waals surface area contributed by atoms with Crippen molar-refractivity contribution in [3.8, 4) is 11.5 Å². The number of aromatic nitrogens is 2. The molecule has 0 amide bonds. The van der Waals surface area contributed by atoms with Crippen molar-refractivity contribution in [2.45, 2.75) is 25.9 Å². The maximum absolute atomic E-state index is 5.92. The fraction of sp³-hybridized carbons (Fsp3) is 0.500. The molecule has 0 aliphatic heterocycles. The van der Waals surface area contributed by atoms with E-state index in [1.165, 1.54) is 24.2 Å². The van der Waals surface area contributed by atoms with Gasteiger partial charge in [0.1, 0.15) is 6.10 Å². The summed E-state index contributed by atoms with van der Waals surface area (Å²) in [7, 11) is 1.68. The lowest BCUT2D eigenvalue weighted by Gasteiger charge is -2.07. The van der Waals surface area contributed by atoms with Gasteiger partial charge in [0.05, 0.1) is 10.6 Å². The number of hydrogen-bond acceptors (Lipinski definition) is 6. The van der Waals surface area contributed by atoms with Crippen LogP contribution < -0.4 is 5.73 Å². The first kappa shape index (κ1) is 11.7. The fourth-order valence-corrected chi connectivity index (χ4v) is 2.85. The van der Waals surface area contributed by atoms with E-state index in [1.54, 1.807) is 7.11 Å². The average Bonchev–Trinajstić information content (AvgIpc) is 2.94. The zero-order valence-electron chi connectivity index (χ0n) is 10.3. The van der Waals surface area contributed by atoms with E-state index in [-0.39, 0.29) is 6.10 Å². The van der Waals surface area contributed by atoms with Crippen molar-refractivity contribution in [2.24, 2.45) is 5.92 Å². The molecule has 1 unspecified atom stereocenters. The van der Waals surface area contributed by atoms with Gasteiger partial charge in [-0.15, -0.1) is 11.3 Å². The van der Waals surface area contributed by atoms with E-state index in [9.17, 15) is 0 Å². The monoisotopic (exact) mass is 265 g/mol. The summed E-state index contributed by atoms with van der Waals surface area (Å²) in [6.45, 7) is 2.00. The summed E-state index contributed by atoms with van der Waals surface area (Å²) in [5.41, 5.74) is 6.74. The van der Waals surface area contributed by atoms with Crippen molar-refractivity contribution in [3.63, 3.8) is 0 Å². The second-order valence-corrected chi connectivity index (χ2v) is 5.87. The summed E-state index contributed by atoms with van der Waals surface area (Å²) >= 11 is 1.52. The van der Waals surface area contributed by atoms with Gasteiger partial charge < -0.3 is 15.0 Å². The van der Waals surface area contributed by atoms with Gasteiger partial charge >= 0.3 is 0 Å². The molecule has 6 heteroatoms. The molecular formula is C12H15N3O2S. The number of thiophene rings is 1. The van der Waals surface area contributed by atoms with Gasteiger partial charge in [-0.25, -0.2) is 0 Å². The van der Waals surface area contributed by atoms with Crippen LogP contribution in [-0.4, -0.2) is 17.3 Å². The minimum Gasteiger partial charge on any atom is -0.390 e. The fourth-order valence-electron chi connectivity index (χ4n) is 2.07. The number of nitrogens with two attached hydrogens (primary N) is 1. The average molecular weight is 265 g/mol. The zero-order chi connectivity index (χ0) is 12.7. The highest BCUT2D eigenvalue weighted by Gasteiger charge is 2.35. The normalized spacial score (nSPS) is 17.0. The number of rotatable bonds is 4. The van der Waals surface area contributed by atoms with Gasteiger partial charge in [-0.3, -0.25) is 0 Å². The Bertz CT molecular complexity index is 559. The number of methoxy groups -OCH3 is 1. The third-order valence-electron chi connectivity index (χ3n) is 3.11. The third kappa shape index (κ3) is 2.02. The molecule has 0 saturated heterocycles. The van der Waals surface area contributed by atoms with Gasteiger partial charge in [0.2, 0.25) is 5.82 Å². The lowest BCUT2D eigenvalue weighted by Crippen LogP contribution is -2.05. The summed E-state index contributed by atoms with van der Waals surface area (Å²) in [6, 6.07) is 1.97. The molecule has 2 N–H and O–H groups in total. The van der Waals surface area contributed by atoms with Crippen LogP contribution in [0.5, 0.6) is 0 Å². The van der Waals surface area contributed by atoms with Gasteiger partial charge in [-0.1, -0.05) is 5.16 Å². The van der Waals surface area contributed by atoms with Crippen LogP contribution in [0.1, 0.15) is 29.6 Å².